The van der Waals surface area contributed by atoms with Crippen LogP contribution in [0.5, 0.6) is 0 Å². The molecule has 4 atom stereocenters. The minimum absolute atomic E-state index is 0.173. The van der Waals surface area contributed by atoms with Gasteiger partial charge in [-0.2, -0.15) is 0 Å². The van der Waals surface area contributed by atoms with Gasteiger partial charge in [0.05, 0.1) is 5.60 Å². The molecule has 2 aliphatic carbocycles. The van der Waals surface area contributed by atoms with Crippen LogP contribution in [0.4, 0.5) is 0 Å². The molecule has 1 heteroatoms. The predicted molar refractivity (Wildman–Crippen MR) is 70.8 cm³/mol. The fourth-order valence-corrected chi connectivity index (χ4v) is 5.33. The number of hydrogen-bond acceptors (Lipinski definition) is 1. The normalized spacial score (nSPS) is 52.0. The van der Waals surface area contributed by atoms with Gasteiger partial charge in [0, 0.05) is 6.61 Å². The van der Waals surface area contributed by atoms with E-state index in [1.165, 1.54) is 25.7 Å². The van der Waals surface area contributed by atoms with E-state index in [0.29, 0.717) is 10.8 Å². The van der Waals surface area contributed by atoms with Crippen LogP contribution in [0.15, 0.2) is 12.2 Å². The van der Waals surface area contributed by atoms with Crippen molar-refractivity contribution in [1.29, 1.82) is 0 Å². The Morgan fingerprint density at radius 3 is 2.59 bits per heavy atom. The van der Waals surface area contributed by atoms with E-state index in [0.717, 1.165) is 18.4 Å². The van der Waals surface area contributed by atoms with Crippen molar-refractivity contribution in [3.63, 3.8) is 0 Å². The highest BCUT2D eigenvalue weighted by molar-refractivity contribution is 5.17. The molecule has 0 spiro atoms. The monoisotopic (exact) mass is 234 g/mol. The SMILES string of the molecule is CC1(C)C=CC[C@@]2(C)[C@H]1CCC1(C)OCC[C@@H]12. The number of rotatable bonds is 0. The largest absolute Gasteiger partial charge is 0.375 e. The number of allylic oxidation sites excluding steroid dienone is 2. The summed E-state index contributed by atoms with van der Waals surface area (Å²) in [4.78, 5) is 0. The lowest BCUT2D eigenvalue weighted by atomic mass is 9.47. The molecule has 96 valence electrons. The van der Waals surface area contributed by atoms with Crippen molar-refractivity contribution in [2.24, 2.45) is 22.7 Å². The summed E-state index contributed by atoms with van der Waals surface area (Å²) in [6, 6.07) is 0. The minimum atomic E-state index is 0.173. The number of ether oxygens (including phenoxy) is 1. The standard InChI is InChI=1S/C16H26O/c1-14(2)8-5-9-15(3)12(14)6-10-16(4)13(15)7-11-17-16/h5,8,12-13H,6-7,9-11H2,1-4H3/t12-,13+,15-,16?/m0/s1. The van der Waals surface area contributed by atoms with Crippen LogP contribution in [-0.2, 0) is 4.74 Å². The number of hydrogen-bond donors (Lipinski definition) is 0. The van der Waals surface area contributed by atoms with Crippen LogP contribution in [-0.4, -0.2) is 12.2 Å². The van der Waals surface area contributed by atoms with E-state index < -0.39 is 0 Å². The highest BCUT2D eigenvalue weighted by Gasteiger charge is 2.59. The molecule has 1 nitrogen and oxygen atoms in total. The first kappa shape index (κ1) is 11.8. The fourth-order valence-electron chi connectivity index (χ4n) is 5.33. The molecule has 1 saturated heterocycles. The highest BCUT2D eigenvalue weighted by atomic mass is 16.5. The van der Waals surface area contributed by atoms with Crippen molar-refractivity contribution >= 4 is 0 Å². The highest BCUT2D eigenvalue weighted by Crippen LogP contribution is 2.63. The Labute approximate surface area is 106 Å². The molecule has 1 heterocycles. The van der Waals surface area contributed by atoms with Crippen molar-refractivity contribution in [2.45, 2.75) is 59.0 Å². The average molecular weight is 234 g/mol. The molecule has 0 aromatic heterocycles. The molecular formula is C16H26O. The van der Waals surface area contributed by atoms with Crippen LogP contribution in [0.3, 0.4) is 0 Å². The Balaban J connectivity index is 2.02. The Hall–Kier alpha value is -0.300. The molecule has 1 saturated carbocycles. The molecule has 0 aromatic rings. The third-order valence-electron chi connectivity index (χ3n) is 6.10. The molecule has 2 fully saturated rings. The third-order valence-corrected chi connectivity index (χ3v) is 6.10. The molecular weight excluding hydrogens is 208 g/mol. The van der Waals surface area contributed by atoms with Gasteiger partial charge in [0.1, 0.15) is 0 Å². The van der Waals surface area contributed by atoms with E-state index in [4.69, 9.17) is 4.74 Å². The summed E-state index contributed by atoms with van der Waals surface area (Å²) in [6.45, 7) is 10.7. The van der Waals surface area contributed by atoms with Crippen molar-refractivity contribution in [3.8, 4) is 0 Å². The van der Waals surface area contributed by atoms with E-state index in [1.807, 2.05) is 0 Å². The summed E-state index contributed by atoms with van der Waals surface area (Å²) in [6.07, 6.45) is 10.0. The zero-order valence-corrected chi connectivity index (χ0v) is 11.8. The molecule has 0 aromatic carbocycles. The smallest absolute Gasteiger partial charge is 0.0688 e. The summed E-state index contributed by atoms with van der Waals surface area (Å²) in [5, 5.41) is 0. The summed E-state index contributed by atoms with van der Waals surface area (Å²) in [7, 11) is 0. The maximum absolute atomic E-state index is 6.10. The first-order valence-electron chi connectivity index (χ1n) is 7.20. The van der Waals surface area contributed by atoms with Crippen molar-refractivity contribution in [2.75, 3.05) is 6.61 Å². The molecule has 1 unspecified atom stereocenters. The van der Waals surface area contributed by atoms with E-state index in [2.05, 4.69) is 39.8 Å². The molecule has 0 amide bonds. The first-order chi connectivity index (χ1) is 7.89. The van der Waals surface area contributed by atoms with Gasteiger partial charge in [0.25, 0.3) is 0 Å². The van der Waals surface area contributed by atoms with Gasteiger partial charge in [-0.3, -0.25) is 0 Å². The van der Waals surface area contributed by atoms with Gasteiger partial charge in [-0.15, -0.1) is 0 Å². The topological polar surface area (TPSA) is 9.23 Å². The summed E-state index contributed by atoms with van der Waals surface area (Å²) >= 11 is 0. The first-order valence-corrected chi connectivity index (χ1v) is 7.20. The molecule has 17 heavy (non-hydrogen) atoms. The second-order valence-corrected chi connectivity index (χ2v) is 7.53. The Morgan fingerprint density at radius 2 is 1.82 bits per heavy atom. The van der Waals surface area contributed by atoms with E-state index in [-0.39, 0.29) is 5.60 Å². The quantitative estimate of drug-likeness (QED) is 0.571. The lowest BCUT2D eigenvalue weighted by molar-refractivity contribution is -0.123. The maximum atomic E-state index is 6.10. The van der Waals surface area contributed by atoms with E-state index in [9.17, 15) is 0 Å². The van der Waals surface area contributed by atoms with E-state index >= 15 is 0 Å². The van der Waals surface area contributed by atoms with Crippen LogP contribution in [0, 0.1) is 22.7 Å². The third kappa shape index (κ3) is 1.47. The number of fused-ring (bicyclic) bond motifs is 3. The van der Waals surface area contributed by atoms with Gasteiger partial charge < -0.3 is 4.74 Å². The van der Waals surface area contributed by atoms with Gasteiger partial charge in [-0.05, 0) is 55.3 Å². The molecule has 3 aliphatic rings. The second kappa shape index (κ2) is 3.38. The zero-order valence-electron chi connectivity index (χ0n) is 11.8. The van der Waals surface area contributed by atoms with Crippen LogP contribution >= 0.6 is 0 Å². The molecule has 0 N–H and O–H groups in total. The Kier molecular flexibility index (Phi) is 2.34. The molecule has 1 aliphatic heterocycles. The summed E-state index contributed by atoms with van der Waals surface area (Å²) in [5.74, 6) is 1.60. The lowest BCUT2D eigenvalue weighted by Gasteiger charge is -2.58. The Bertz CT molecular complexity index is 357. The van der Waals surface area contributed by atoms with Crippen molar-refractivity contribution in [3.05, 3.63) is 12.2 Å². The summed E-state index contributed by atoms with van der Waals surface area (Å²) in [5.41, 5.74) is 1.01. The van der Waals surface area contributed by atoms with Gasteiger partial charge in [0.15, 0.2) is 0 Å². The summed E-state index contributed by atoms with van der Waals surface area (Å²) < 4.78 is 6.10. The van der Waals surface area contributed by atoms with Gasteiger partial charge in [-0.1, -0.05) is 32.9 Å². The van der Waals surface area contributed by atoms with Crippen LogP contribution in [0.2, 0.25) is 0 Å². The molecule has 3 rings (SSSR count). The van der Waals surface area contributed by atoms with Crippen molar-refractivity contribution < 1.29 is 4.74 Å². The Morgan fingerprint density at radius 1 is 1.06 bits per heavy atom. The van der Waals surface area contributed by atoms with Gasteiger partial charge in [0.2, 0.25) is 0 Å². The fraction of sp³-hybridized carbons (Fsp3) is 0.875. The van der Waals surface area contributed by atoms with Crippen LogP contribution < -0.4 is 0 Å². The van der Waals surface area contributed by atoms with Crippen LogP contribution in [0.25, 0.3) is 0 Å². The van der Waals surface area contributed by atoms with E-state index in [1.54, 1.807) is 0 Å². The second-order valence-electron chi connectivity index (χ2n) is 7.53. The average Bonchev–Trinajstić information content (AvgIpc) is 2.60. The van der Waals surface area contributed by atoms with Crippen LogP contribution in [0.1, 0.15) is 53.4 Å². The van der Waals surface area contributed by atoms with Crippen molar-refractivity contribution in [1.82, 2.24) is 0 Å². The minimum Gasteiger partial charge on any atom is -0.375 e. The molecule has 0 radical (unpaired) electrons. The lowest BCUT2D eigenvalue weighted by Crippen LogP contribution is -2.54. The van der Waals surface area contributed by atoms with Gasteiger partial charge >= 0.3 is 0 Å². The zero-order chi connectivity index (χ0) is 12.3. The predicted octanol–water partition coefficient (Wildman–Crippen LogP) is 4.18. The maximum Gasteiger partial charge on any atom is 0.0688 e. The molecule has 0 bridgehead atoms. The van der Waals surface area contributed by atoms with Gasteiger partial charge in [-0.25, -0.2) is 0 Å².